The lowest BCUT2D eigenvalue weighted by atomic mass is 10.2. The van der Waals surface area contributed by atoms with E-state index in [1.54, 1.807) is 13.0 Å². The SMILES string of the molecule is C/C=C/C(=O)O.C=CC=CC=Cc1ccccc1. The Hall–Kier alpha value is -2.35. The molecule has 0 unspecified atom stereocenters. The summed E-state index contributed by atoms with van der Waals surface area (Å²) in [5.41, 5.74) is 1.21. The maximum atomic E-state index is 9.51. The standard InChI is InChI=1S/C12H12.C4H6O2/c1-2-3-4-6-9-12-10-7-5-8-11-12;1-2-3-4(5)6/h2-11H,1H2;2-3H,1H3,(H,5,6)/b;3-2+. The topological polar surface area (TPSA) is 37.3 Å². The van der Waals surface area contributed by atoms with Crippen LogP contribution in [0.25, 0.3) is 6.08 Å². The minimum absolute atomic E-state index is 0.891. The van der Waals surface area contributed by atoms with Crippen molar-refractivity contribution in [1.29, 1.82) is 0 Å². The van der Waals surface area contributed by atoms with Gasteiger partial charge in [0.1, 0.15) is 0 Å². The van der Waals surface area contributed by atoms with Crippen LogP contribution in [0.4, 0.5) is 0 Å². The summed E-state index contributed by atoms with van der Waals surface area (Å²) in [5, 5.41) is 7.83. The summed E-state index contributed by atoms with van der Waals surface area (Å²) in [6.07, 6.45) is 12.2. The Bertz CT molecular complexity index is 426. The molecule has 94 valence electrons. The van der Waals surface area contributed by atoms with Gasteiger partial charge in [0.2, 0.25) is 0 Å². The molecular formula is C16H18O2. The van der Waals surface area contributed by atoms with Gasteiger partial charge in [-0.3, -0.25) is 0 Å². The van der Waals surface area contributed by atoms with E-state index in [4.69, 9.17) is 5.11 Å². The van der Waals surface area contributed by atoms with Crippen molar-refractivity contribution in [2.24, 2.45) is 0 Å². The fourth-order valence-corrected chi connectivity index (χ4v) is 1.02. The smallest absolute Gasteiger partial charge is 0.327 e. The lowest BCUT2D eigenvalue weighted by Crippen LogP contribution is -1.83. The van der Waals surface area contributed by atoms with Gasteiger partial charge >= 0.3 is 5.97 Å². The molecular weight excluding hydrogens is 224 g/mol. The normalized spacial score (nSPS) is 10.5. The Kier molecular flexibility index (Phi) is 9.69. The minimum atomic E-state index is -0.891. The molecule has 0 spiro atoms. The Morgan fingerprint density at radius 2 is 1.83 bits per heavy atom. The monoisotopic (exact) mass is 242 g/mol. The largest absolute Gasteiger partial charge is 0.478 e. The third-order valence-corrected chi connectivity index (χ3v) is 1.76. The highest BCUT2D eigenvalue weighted by atomic mass is 16.4. The van der Waals surface area contributed by atoms with Gasteiger partial charge in [0.05, 0.1) is 0 Å². The molecule has 0 aliphatic carbocycles. The van der Waals surface area contributed by atoms with E-state index in [9.17, 15) is 4.79 Å². The summed E-state index contributed by atoms with van der Waals surface area (Å²) in [5.74, 6) is -0.891. The van der Waals surface area contributed by atoms with E-state index in [1.165, 1.54) is 11.6 Å². The van der Waals surface area contributed by atoms with Gasteiger partial charge in [0.15, 0.2) is 0 Å². The number of rotatable bonds is 4. The molecule has 0 atom stereocenters. The van der Waals surface area contributed by atoms with Crippen molar-refractivity contribution >= 4 is 12.0 Å². The van der Waals surface area contributed by atoms with Crippen molar-refractivity contribution in [2.45, 2.75) is 6.92 Å². The molecule has 0 aliphatic heterocycles. The van der Waals surface area contributed by atoms with Crippen molar-refractivity contribution < 1.29 is 9.90 Å². The first-order chi connectivity index (χ1) is 8.70. The third-order valence-electron chi connectivity index (χ3n) is 1.76. The van der Waals surface area contributed by atoms with Crippen LogP contribution in [-0.4, -0.2) is 11.1 Å². The van der Waals surface area contributed by atoms with E-state index >= 15 is 0 Å². The molecule has 0 heterocycles. The summed E-state index contributed by atoms with van der Waals surface area (Å²) in [6.45, 7) is 5.25. The number of hydrogen-bond acceptors (Lipinski definition) is 1. The Balaban J connectivity index is 0.000000411. The van der Waals surface area contributed by atoms with Crippen LogP contribution in [-0.2, 0) is 4.79 Å². The van der Waals surface area contributed by atoms with Crippen LogP contribution in [0, 0.1) is 0 Å². The molecule has 0 amide bonds. The number of carboxylic acid groups (broad SMARTS) is 1. The Morgan fingerprint density at radius 3 is 2.28 bits per heavy atom. The van der Waals surface area contributed by atoms with Crippen molar-refractivity contribution in [3.05, 3.63) is 78.9 Å². The molecule has 0 aliphatic rings. The van der Waals surface area contributed by atoms with Gasteiger partial charge < -0.3 is 5.11 Å². The van der Waals surface area contributed by atoms with E-state index in [-0.39, 0.29) is 0 Å². The highest BCUT2D eigenvalue weighted by molar-refractivity contribution is 5.79. The van der Waals surface area contributed by atoms with Gasteiger partial charge in [-0.2, -0.15) is 0 Å². The fourth-order valence-electron chi connectivity index (χ4n) is 1.02. The molecule has 18 heavy (non-hydrogen) atoms. The van der Waals surface area contributed by atoms with Crippen molar-refractivity contribution in [2.75, 3.05) is 0 Å². The molecule has 0 bridgehead atoms. The number of aliphatic carboxylic acids is 1. The summed E-state index contributed by atoms with van der Waals surface area (Å²) in [7, 11) is 0. The number of hydrogen-bond donors (Lipinski definition) is 1. The van der Waals surface area contributed by atoms with Crippen LogP contribution in [0.3, 0.4) is 0 Å². The molecule has 1 aromatic carbocycles. The van der Waals surface area contributed by atoms with Gasteiger partial charge in [-0.15, -0.1) is 0 Å². The zero-order chi connectivity index (χ0) is 13.6. The molecule has 0 radical (unpaired) electrons. The second-order valence-electron chi connectivity index (χ2n) is 3.23. The highest BCUT2D eigenvalue weighted by Gasteiger charge is 1.78. The zero-order valence-electron chi connectivity index (χ0n) is 10.5. The first-order valence-electron chi connectivity index (χ1n) is 5.57. The number of carbonyl (C=O) groups is 1. The van der Waals surface area contributed by atoms with Crippen LogP contribution >= 0.6 is 0 Å². The third kappa shape index (κ3) is 10.2. The van der Waals surface area contributed by atoms with E-state index < -0.39 is 5.97 Å². The molecule has 1 N–H and O–H groups in total. The summed E-state index contributed by atoms with van der Waals surface area (Å²) in [4.78, 5) is 9.51. The zero-order valence-corrected chi connectivity index (χ0v) is 10.5. The molecule has 0 saturated heterocycles. The van der Waals surface area contributed by atoms with Gasteiger partial charge in [0.25, 0.3) is 0 Å². The van der Waals surface area contributed by atoms with Crippen LogP contribution in [0.2, 0.25) is 0 Å². The van der Waals surface area contributed by atoms with Gasteiger partial charge in [-0.05, 0) is 12.5 Å². The molecule has 0 aromatic heterocycles. The lowest BCUT2D eigenvalue weighted by molar-refractivity contribution is -0.131. The molecule has 2 heteroatoms. The van der Waals surface area contributed by atoms with E-state index in [1.807, 2.05) is 36.4 Å². The first-order valence-corrected chi connectivity index (χ1v) is 5.57. The van der Waals surface area contributed by atoms with Crippen LogP contribution < -0.4 is 0 Å². The second kappa shape index (κ2) is 11.1. The average molecular weight is 242 g/mol. The van der Waals surface area contributed by atoms with Crippen LogP contribution in [0.5, 0.6) is 0 Å². The molecule has 0 saturated carbocycles. The van der Waals surface area contributed by atoms with Crippen LogP contribution in [0.1, 0.15) is 12.5 Å². The Morgan fingerprint density at radius 1 is 1.17 bits per heavy atom. The predicted octanol–water partition coefficient (Wildman–Crippen LogP) is 4.09. The lowest BCUT2D eigenvalue weighted by Gasteiger charge is -1.87. The number of benzene rings is 1. The Labute approximate surface area is 108 Å². The molecule has 1 rings (SSSR count). The fraction of sp³-hybridized carbons (Fsp3) is 0.0625. The van der Waals surface area contributed by atoms with Crippen molar-refractivity contribution in [1.82, 2.24) is 0 Å². The summed E-state index contributed by atoms with van der Waals surface area (Å²) >= 11 is 0. The predicted molar refractivity (Wildman–Crippen MR) is 77.3 cm³/mol. The van der Waals surface area contributed by atoms with E-state index in [0.717, 1.165) is 6.08 Å². The minimum Gasteiger partial charge on any atom is -0.478 e. The molecule has 2 nitrogen and oxygen atoms in total. The van der Waals surface area contributed by atoms with Gasteiger partial charge in [-0.25, -0.2) is 4.79 Å². The number of carboxylic acids is 1. The first kappa shape index (κ1) is 15.7. The average Bonchev–Trinajstić information content (AvgIpc) is 2.37. The van der Waals surface area contributed by atoms with E-state index in [2.05, 4.69) is 24.8 Å². The van der Waals surface area contributed by atoms with Crippen molar-refractivity contribution in [3.63, 3.8) is 0 Å². The highest BCUT2D eigenvalue weighted by Crippen LogP contribution is 2.00. The van der Waals surface area contributed by atoms with Crippen molar-refractivity contribution in [3.8, 4) is 0 Å². The number of allylic oxidation sites excluding steroid dienone is 5. The quantitative estimate of drug-likeness (QED) is 0.637. The van der Waals surface area contributed by atoms with Gasteiger partial charge in [-0.1, -0.05) is 73.4 Å². The summed E-state index contributed by atoms with van der Waals surface area (Å²) in [6, 6.07) is 10.2. The van der Waals surface area contributed by atoms with Crippen LogP contribution in [0.15, 0.2) is 73.4 Å². The molecule has 0 fully saturated rings. The second-order valence-corrected chi connectivity index (χ2v) is 3.23. The maximum Gasteiger partial charge on any atom is 0.327 e. The summed E-state index contributed by atoms with van der Waals surface area (Å²) < 4.78 is 0. The van der Waals surface area contributed by atoms with E-state index in [0.29, 0.717) is 0 Å². The van der Waals surface area contributed by atoms with Gasteiger partial charge in [0, 0.05) is 6.08 Å². The molecule has 1 aromatic rings. The maximum absolute atomic E-state index is 9.51.